The minimum absolute atomic E-state index is 0.329. The van der Waals surface area contributed by atoms with E-state index in [2.05, 4.69) is 9.97 Å². The molecule has 0 aliphatic heterocycles. The molecule has 0 bridgehead atoms. The Hall–Kier alpha value is -1.63. The van der Waals surface area contributed by atoms with Crippen molar-refractivity contribution in [3.05, 3.63) is 17.1 Å². The molecule has 0 aromatic carbocycles. The van der Waals surface area contributed by atoms with Crippen LogP contribution in [0.2, 0.25) is 0 Å². The first-order valence-electron chi connectivity index (χ1n) is 5.76. The third kappa shape index (κ3) is 1.99. The number of nitrogens with zero attached hydrogens (tertiary/aromatic N) is 3. The number of aromatic nitrogens is 2. The smallest absolute Gasteiger partial charge is 0.145 e. The van der Waals surface area contributed by atoms with Crippen LogP contribution in [0, 0.1) is 18.3 Å². The van der Waals surface area contributed by atoms with Crippen LogP contribution in [-0.4, -0.2) is 9.97 Å². The zero-order valence-electron chi connectivity index (χ0n) is 9.53. The Balaban J connectivity index is 2.32. The van der Waals surface area contributed by atoms with E-state index in [1.54, 1.807) is 0 Å². The number of aryl methyl sites for hydroxylation is 1. The van der Waals surface area contributed by atoms with Crippen molar-refractivity contribution in [3.63, 3.8) is 0 Å². The van der Waals surface area contributed by atoms with Crippen molar-refractivity contribution in [2.24, 2.45) is 0 Å². The summed E-state index contributed by atoms with van der Waals surface area (Å²) in [4.78, 5) is 8.69. The predicted octanol–water partition coefficient (Wildman–Crippen LogP) is 2.29. The Morgan fingerprint density at radius 2 is 1.94 bits per heavy atom. The molecular formula is C12H16N4. The van der Waals surface area contributed by atoms with E-state index >= 15 is 0 Å². The molecule has 0 radical (unpaired) electrons. The first kappa shape index (κ1) is 10.9. The zero-order valence-corrected chi connectivity index (χ0v) is 9.53. The fourth-order valence-corrected chi connectivity index (χ4v) is 2.30. The second kappa shape index (κ2) is 4.48. The third-order valence-electron chi connectivity index (χ3n) is 3.22. The van der Waals surface area contributed by atoms with Crippen LogP contribution in [0.3, 0.4) is 0 Å². The lowest BCUT2D eigenvalue weighted by Crippen LogP contribution is -2.12. The summed E-state index contributed by atoms with van der Waals surface area (Å²) >= 11 is 0. The van der Waals surface area contributed by atoms with Crippen LogP contribution < -0.4 is 5.73 Å². The highest BCUT2D eigenvalue weighted by Crippen LogP contribution is 2.31. The van der Waals surface area contributed by atoms with Gasteiger partial charge in [0.25, 0.3) is 0 Å². The lowest BCUT2D eigenvalue weighted by Gasteiger charge is -2.20. The summed E-state index contributed by atoms with van der Waals surface area (Å²) in [7, 11) is 0. The maximum absolute atomic E-state index is 8.89. The van der Waals surface area contributed by atoms with Gasteiger partial charge in [0.1, 0.15) is 23.3 Å². The maximum atomic E-state index is 8.89. The molecule has 84 valence electrons. The van der Waals surface area contributed by atoms with Crippen molar-refractivity contribution in [2.75, 3.05) is 5.73 Å². The standard InChI is InChI=1S/C12H16N4/c1-8-10(7-13)11(14)16-12(15-8)9-5-3-2-4-6-9/h9H,2-6H2,1H3,(H2,14,15,16). The van der Waals surface area contributed by atoms with Gasteiger partial charge >= 0.3 is 0 Å². The van der Waals surface area contributed by atoms with Gasteiger partial charge in [-0.05, 0) is 19.8 Å². The summed E-state index contributed by atoms with van der Waals surface area (Å²) in [5, 5.41) is 8.89. The van der Waals surface area contributed by atoms with Crippen LogP contribution in [0.5, 0.6) is 0 Å². The molecular weight excluding hydrogens is 200 g/mol. The summed E-state index contributed by atoms with van der Waals surface area (Å²) in [6.45, 7) is 1.82. The fraction of sp³-hybridized carbons (Fsp3) is 0.583. The molecule has 4 heteroatoms. The molecule has 16 heavy (non-hydrogen) atoms. The molecule has 0 unspecified atom stereocenters. The number of nitrogens with two attached hydrogens (primary N) is 1. The van der Waals surface area contributed by atoms with Gasteiger partial charge in [-0.3, -0.25) is 0 Å². The lowest BCUT2D eigenvalue weighted by molar-refractivity contribution is 0.428. The van der Waals surface area contributed by atoms with Crippen LogP contribution in [0.4, 0.5) is 5.82 Å². The highest BCUT2D eigenvalue weighted by atomic mass is 15.0. The third-order valence-corrected chi connectivity index (χ3v) is 3.22. The average molecular weight is 216 g/mol. The van der Waals surface area contributed by atoms with E-state index in [-0.39, 0.29) is 0 Å². The Kier molecular flexibility index (Phi) is 3.04. The number of anilines is 1. The van der Waals surface area contributed by atoms with Gasteiger partial charge in [0.05, 0.1) is 5.69 Å². The number of hydrogen-bond donors (Lipinski definition) is 1. The first-order chi connectivity index (χ1) is 7.72. The van der Waals surface area contributed by atoms with Crippen molar-refractivity contribution in [3.8, 4) is 6.07 Å². The van der Waals surface area contributed by atoms with E-state index in [4.69, 9.17) is 11.0 Å². The molecule has 4 nitrogen and oxygen atoms in total. The van der Waals surface area contributed by atoms with Crippen LogP contribution in [0.25, 0.3) is 0 Å². The highest BCUT2D eigenvalue weighted by molar-refractivity contribution is 5.50. The quantitative estimate of drug-likeness (QED) is 0.781. The molecule has 1 aromatic heterocycles. The van der Waals surface area contributed by atoms with Crippen molar-refractivity contribution in [2.45, 2.75) is 44.9 Å². The normalized spacial score (nSPS) is 17.0. The molecule has 0 spiro atoms. The molecule has 1 aromatic rings. The van der Waals surface area contributed by atoms with E-state index in [1.165, 1.54) is 19.3 Å². The van der Waals surface area contributed by atoms with Gasteiger partial charge in [-0.1, -0.05) is 19.3 Å². The summed E-state index contributed by atoms with van der Waals surface area (Å²) in [6.07, 6.45) is 6.08. The van der Waals surface area contributed by atoms with Gasteiger partial charge in [-0.15, -0.1) is 0 Å². The van der Waals surface area contributed by atoms with E-state index in [0.717, 1.165) is 18.7 Å². The molecule has 1 aliphatic carbocycles. The van der Waals surface area contributed by atoms with Crippen LogP contribution in [0.1, 0.15) is 55.1 Å². The molecule has 1 heterocycles. The predicted molar refractivity (Wildman–Crippen MR) is 61.7 cm³/mol. The number of nitriles is 1. The van der Waals surface area contributed by atoms with Crippen molar-refractivity contribution >= 4 is 5.82 Å². The monoisotopic (exact) mass is 216 g/mol. The van der Waals surface area contributed by atoms with Crippen molar-refractivity contribution in [1.29, 1.82) is 5.26 Å². The molecule has 0 atom stereocenters. The molecule has 0 saturated heterocycles. The van der Waals surface area contributed by atoms with E-state index in [1.807, 2.05) is 13.0 Å². The number of rotatable bonds is 1. The average Bonchev–Trinajstić information content (AvgIpc) is 2.30. The van der Waals surface area contributed by atoms with Crippen molar-refractivity contribution < 1.29 is 0 Å². The van der Waals surface area contributed by atoms with E-state index < -0.39 is 0 Å². The summed E-state index contributed by atoms with van der Waals surface area (Å²) in [5.41, 5.74) is 6.89. The number of nitrogen functional groups attached to an aromatic ring is 1. The molecule has 2 rings (SSSR count). The Morgan fingerprint density at radius 1 is 1.25 bits per heavy atom. The van der Waals surface area contributed by atoms with E-state index in [9.17, 15) is 0 Å². The van der Waals surface area contributed by atoms with Crippen molar-refractivity contribution in [1.82, 2.24) is 9.97 Å². The topological polar surface area (TPSA) is 75.6 Å². The summed E-state index contributed by atoms with van der Waals surface area (Å²) in [6, 6.07) is 2.04. The second-order valence-corrected chi connectivity index (χ2v) is 4.37. The minimum Gasteiger partial charge on any atom is -0.382 e. The minimum atomic E-state index is 0.329. The molecule has 2 N–H and O–H groups in total. The fourth-order valence-electron chi connectivity index (χ4n) is 2.30. The molecule has 1 aliphatic rings. The first-order valence-corrected chi connectivity index (χ1v) is 5.76. The van der Waals surface area contributed by atoms with E-state index in [0.29, 0.717) is 23.0 Å². The lowest BCUT2D eigenvalue weighted by atomic mass is 9.88. The Morgan fingerprint density at radius 3 is 2.50 bits per heavy atom. The van der Waals surface area contributed by atoms with Gasteiger partial charge in [-0.25, -0.2) is 9.97 Å². The molecule has 0 amide bonds. The van der Waals surface area contributed by atoms with Gasteiger partial charge in [0, 0.05) is 5.92 Å². The van der Waals surface area contributed by atoms with Crippen LogP contribution in [0.15, 0.2) is 0 Å². The zero-order chi connectivity index (χ0) is 11.5. The maximum Gasteiger partial charge on any atom is 0.145 e. The van der Waals surface area contributed by atoms with Gasteiger partial charge in [0.15, 0.2) is 0 Å². The van der Waals surface area contributed by atoms with Gasteiger partial charge in [-0.2, -0.15) is 5.26 Å². The van der Waals surface area contributed by atoms with Gasteiger partial charge < -0.3 is 5.73 Å². The summed E-state index contributed by atoms with van der Waals surface area (Å²) < 4.78 is 0. The SMILES string of the molecule is Cc1nc(C2CCCCC2)nc(N)c1C#N. The van der Waals surface area contributed by atoms with Crippen LogP contribution >= 0.6 is 0 Å². The van der Waals surface area contributed by atoms with Gasteiger partial charge in [0.2, 0.25) is 0 Å². The number of hydrogen-bond acceptors (Lipinski definition) is 4. The summed E-state index contributed by atoms with van der Waals surface area (Å²) in [5.74, 6) is 1.59. The molecule has 1 saturated carbocycles. The molecule has 1 fully saturated rings. The van der Waals surface area contributed by atoms with Crippen LogP contribution in [-0.2, 0) is 0 Å². The largest absolute Gasteiger partial charge is 0.382 e. The highest BCUT2D eigenvalue weighted by Gasteiger charge is 2.20. The Bertz CT molecular complexity index is 404. The second-order valence-electron chi connectivity index (χ2n) is 4.37. The Labute approximate surface area is 95.5 Å².